The van der Waals surface area contributed by atoms with Crippen molar-refractivity contribution in [1.82, 2.24) is 20.2 Å². The zero-order valence-corrected chi connectivity index (χ0v) is 12.7. The predicted molar refractivity (Wildman–Crippen MR) is 64.1 cm³/mol. The second-order valence-corrected chi connectivity index (χ2v) is 4.90. The molecule has 0 N–H and O–H groups in total. The average Bonchev–Trinajstić information content (AvgIpc) is 3.12. The summed E-state index contributed by atoms with van der Waals surface area (Å²) < 4.78 is 87.4. The van der Waals surface area contributed by atoms with Gasteiger partial charge in [-0.25, -0.2) is 9.59 Å². The first-order valence-electron chi connectivity index (χ1n) is 6.88. The van der Waals surface area contributed by atoms with Gasteiger partial charge in [0.05, 0.1) is 13.2 Å². The molecule has 1 aromatic rings. The van der Waals surface area contributed by atoms with Crippen molar-refractivity contribution < 1.29 is 50.1 Å². The molecule has 15 heteroatoms. The molecule has 26 heavy (non-hydrogen) atoms. The third kappa shape index (κ3) is 4.39. The highest BCUT2D eigenvalue weighted by Gasteiger charge is 2.52. The van der Waals surface area contributed by atoms with Gasteiger partial charge in [0.25, 0.3) is 0 Å². The van der Waals surface area contributed by atoms with E-state index in [4.69, 9.17) is 4.74 Å². The van der Waals surface area contributed by atoms with Crippen LogP contribution < -0.4 is 0 Å². The van der Waals surface area contributed by atoms with Gasteiger partial charge in [0, 0.05) is 0 Å². The van der Waals surface area contributed by atoms with Gasteiger partial charge in [0.1, 0.15) is 0 Å². The first kappa shape index (κ1) is 19.9. The molecule has 1 fully saturated rings. The van der Waals surface area contributed by atoms with E-state index in [1.165, 1.54) is 0 Å². The van der Waals surface area contributed by atoms with Crippen molar-refractivity contribution >= 4 is 11.9 Å². The Labute approximate surface area is 140 Å². The molecule has 1 aliphatic heterocycles. The van der Waals surface area contributed by atoms with Crippen LogP contribution in [-0.4, -0.2) is 63.3 Å². The molecule has 1 saturated heterocycles. The van der Waals surface area contributed by atoms with Gasteiger partial charge in [-0.15, -0.1) is 10.2 Å². The number of alkyl halides is 6. The van der Waals surface area contributed by atoms with E-state index in [0.717, 1.165) is 4.80 Å². The molecule has 1 aliphatic rings. The van der Waals surface area contributed by atoms with Crippen molar-refractivity contribution in [2.75, 3.05) is 6.61 Å². The van der Waals surface area contributed by atoms with Crippen molar-refractivity contribution in [2.24, 2.45) is 0 Å². The van der Waals surface area contributed by atoms with E-state index < -0.39 is 49.2 Å². The Morgan fingerprint density at radius 1 is 1.15 bits per heavy atom. The molecule has 2 heterocycles. The highest BCUT2D eigenvalue weighted by molar-refractivity contribution is 5.77. The number of rotatable bonds is 4. The van der Waals surface area contributed by atoms with E-state index in [-0.39, 0.29) is 12.4 Å². The van der Waals surface area contributed by atoms with E-state index in [1.807, 2.05) is 0 Å². The normalized spacial score (nSPS) is 23.7. The second kappa shape index (κ2) is 7.05. The number of carbonyl (C=O) groups is 2. The number of tetrazole rings is 1. The summed E-state index contributed by atoms with van der Waals surface area (Å²) in [5.41, 5.74) is 0. The summed E-state index contributed by atoms with van der Waals surface area (Å²) >= 11 is 0. The Kier molecular flexibility index (Phi) is 5.39. The molecule has 0 spiro atoms. The number of hydrogen-bond acceptors (Lipinski definition) is 8. The topological polar surface area (TPSA) is 105 Å². The van der Waals surface area contributed by atoms with E-state index in [1.54, 1.807) is 6.92 Å². The number of halogens is 6. The maximum absolute atomic E-state index is 12.4. The molecule has 0 aliphatic carbocycles. The maximum atomic E-state index is 12.4. The Morgan fingerprint density at radius 2 is 1.73 bits per heavy atom. The predicted octanol–water partition coefficient (Wildman–Crippen LogP) is 0.712. The lowest BCUT2D eigenvalue weighted by molar-refractivity contribution is -0.219. The van der Waals surface area contributed by atoms with Crippen LogP contribution in [0.15, 0.2) is 0 Å². The molecule has 3 atom stereocenters. The first-order valence-corrected chi connectivity index (χ1v) is 6.88. The molecule has 3 unspecified atom stereocenters. The summed E-state index contributed by atoms with van der Waals surface area (Å²) in [6, 6.07) is 0. The minimum atomic E-state index is -5.43. The van der Waals surface area contributed by atoms with Crippen LogP contribution in [0.25, 0.3) is 0 Å². The molecule has 0 radical (unpaired) electrons. The molecule has 9 nitrogen and oxygen atoms in total. The maximum Gasteiger partial charge on any atom is 0.490 e. The van der Waals surface area contributed by atoms with Crippen LogP contribution in [0.3, 0.4) is 0 Å². The smallest absolute Gasteiger partial charge is 0.449 e. The zero-order valence-electron chi connectivity index (χ0n) is 12.7. The van der Waals surface area contributed by atoms with Crippen LogP contribution in [0.5, 0.6) is 0 Å². The van der Waals surface area contributed by atoms with Crippen LogP contribution in [0.2, 0.25) is 0 Å². The molecular weight excluding hydrogens is 382 g/mol. The van der Waals surface area contributed by atoms with Gasteiger partial charge < -0.3 is 14.2 Å². The zero-order chi connectivity index (χ0) is 19.7. The van der Waals surface area contributed by atoms with E-state index in [2.05, 4.69) is 24.9 Å². The van der Waals surface area contributed by atoms with Gasteiger partial charge in [0.15, 0.2) is 18.3 Å². The second-order valence-electron chi connectivity index (χ2n) is 4.90. The number of aromatic nitrogens is 4. The first-order chi connectivity index (χ1) is 11.9. The van der Waals surface area contributed by atoms with Crippen molar-refractivity contribution in [2.45, 2.75) is 44.1 Å². The highest BCUT2D eigenvalue weighted by Crippen LogP contribution is 2.34. The quantitative estimate of drug-likeness (QED) is 0.545. The molecular formula is C11H10F6N4O5. The standard InChI is InChI=1S/C11H10F6N4O5/c1-2-21-19-7(18-20-21)6-5(26-9(23)11(15,16)17)4(3-24-6)25-8(22)10(12,13)14/h4-6H,2-3H2,1H3. The van der Waals surface area contributed by atoms with Gasteiger partial charge in [0.2, 0.25) is 5.82 Å². The van der Waals surface area contributed by atoms with Crippen LogP contribution >= 0.6 is 0 Å². The summed E-state index contributed by atoms with van der Waals surface area (Å²) in [7, 11) is 0. The summed E-state index contributed by atoms with van der Waals surface area (Å²) in [4.78, 5) is 23.0. The molecule has 0 amide bonds. The van der Waals surface area contributed by atoms with Crippen LogP contribution in [0, 0.1) is 0 Å². The Hall–Kier alpha value is -2.45. The number of esters is 2. The van der Waals surface area contributed by atoms with Crippen molar-refractivity contribution in [3.8, 4) is 0 Å². The fourth-order valence-electron chi connectivity index (χ4n) is 1.94. The summed E-state index contributed by atoms with van der Waals surface area (Å²) in [5, 5.41) is 10.7. The SMILES string of the molecule is CCn1nnc(C2OCC(OC(=O)C(F)(F)F)C2OC(=O)C(F)(F)F)n1. The Balaban J connectivity index is 2.24. The molecule has 0 bridgehead atoms. The molecule has 2 rings (SSSR count). The summed E-state index contributed by atoms with van der Waals surface area (Å²) in [6.45, 7) is 1.05. The highest BCUT2D eigenvalue weighted by atomic mass is 19.4. The lowest BCUT2D eigenvalue weighted by atomic mass is 10.1. The van der Waals surface area contributed by atoms with Crippen LogP contribution in [0.1, 0.15) is 18.9 Å². The number of ether oxygens (including phenoxy) is 3. The minimum Gasteiger partial charge on any atom is -0.449 e. The Morgan fingerprint density at radius 3 is 2.23 bits per heavy atom. The Bertz CT molecular complexity index is 675. The molecule has 0 saturated carbocycles. The number of hydrogen-bond donors (Lipinski definition) is 0. The van der Waals surface area contributed by atoms with Gasteiger partial charge >= 0.3 is 24.3 Å². The van der Waals surface area contributed by atoms with E-state index in [9.17, 15) is 35.9 Å². The lowest BCUT2D eigenvalue weighted by Gasteiger charge is -2.22. The third-order valence-corrected chi connectivity index (χ3v) is 3.07. The molecule has 1 aromatic heterocycles. The number of aryl methyl sites for hydroxylation is 1. The number of nitrogens with zero attached hydrogens (tertiary/aromatic N) is 4. The minimum absolute atomic E-state index is 0.221. The van der Waals surface area contributed by atoms with Crippen molar-refractivity contribution in [3.63, 3.8) is 0 Å². The third-order valence-electron chi connectivity index (χ3n) is 3.07. The van der Waals surface area contributed by atoms with Gasteiger partial charge in [-0.1, -0.05) is 0 Å². The summed E-state index contributed by atoms with van der Waals surface area (Å²) in [5.74, 6) is -5.73. The van der Waals surface area contributed by atoms with Crippen molar-refractivity contribution in [1.29, 1.82) is 0 Å². The fourth-order valence-corrected chi connectivity index (χ4v) is 1.94. The monoisotopic (exact) mass is 392 g/mol. The average molecular weight is 392 g/mol. The van der Waals surface area contributed by atoms with Crippen LogP contribution in [-0.2, 0) is 30.3 Å². The largest absolute Gasteiger partial charge is 0.490 e. The molecule has 146 valence electrons. The van der Waals surface area contributed by atoms with Gasteiger partial charge in [-0.3, -0.25) is 0 Å². The van der Waals surface area contributed by atoms with E-state index >= 15 is 0 Å². The van der Waals surface area contributed by atoms with E-state index in [0.29, 0.717) is 0 Å². The van der Waals surface area contributed by atoms with Gasteiger partial charge in [-0.2, -0.15) is 31.1 Å². The van der Waals surface area contributed by atoms with Gasteiger partial charge in [-0.05, 0) is 12.1 Å². The molecule has 0 aromatic carbocycles. The summed E-state index contributed by atoms with van der Waals surface area (Å²) in [6.07, 6.45) is -16.4. The number of carbonyl (C=O) groups excluding carboxylic acids is 2. The fraction of sp³-hybridized carbons (Fsp3) is 0.727. The lowest BCUT2D eigenvalue weighted by Crippen LogP contribution is -2.41. The van der Waals surface area contributed by atoms with Crippen molar-refractivity contribution in [3.05, 3.63) is 5.82 Å². The van der Waals surface area contributed by atoms with Crippen LogP contribution in [0.4, 0.5) is 26.3 Å².